The van der Waals surface area contributed by atoms with Crippen LogP contribution in [0.25, 0.3) is 22.0 Å². The molecule has 1 aromatic carbocycles. The van der Waals surface area contributed by atoms with Crippen molar-refractivity contribution in [1.29, 1.82) is 0 Å². The van der Waals surface area contributed by atoms with Crippen LogP contribution in [0.4, 0.5) is 0 Å². The maximum absolute atomic E-state index is 6.38. The predicted molar refractivity (Wildman–Crippen MR) is 95.8 cm³/mol. The van der Waals surface area contributed by atoms with Crippen molar-refractivity contribution in [3.8, 4) is 17.0 Å². The number of ether oxygens (including phenoxy) is 1. The summed E-state index contributed by atoms with van der Waals surface area (Å²) in [6.07, 6.45) is 9.82. The van der Waals surface area contributed by atoms with Crippen molar-refractivity contribution in [2.75, 3.05) is 0 Å². The Balaban J connectivity index is 1.77. The zero-order chi connectivity index (χ0) is 16.4. The van der Waals surface area contributed by atoms with E-state index in [9.17, 15) is 0 Å². The molecular weight excluding hydrogens is 298 g/mol. The van der Waals surface area contributed by atoms with Crippen molar-refractivity contribution in [3.63, 3.8) is 0 Å². The van der Waals surface area contributed by atoms with Gasteiger partial charge in [-0.2, -0.15) is 0 Å². The van der Waals surface area contributed by atoms with Crippen LogP contribution >= 0.6 is 0 Å². The highest BCUT2D eigenvalue weighted by Gasteiger charge is 2.22. The van der Waals surface area contributed by atoms with Crippen molar-refractivity contribution in [2.24, 2.45) is 5.73 Å². The summed E-state index contributed by atoms with van der Waals surface area (Å²) in [6.45, 7) is 0. The van der Waals surface area contributed by atoms with Gasteiger partial charge in [0.2, 0.25) is 0 Å². The van der Waals surface area contributed by atoms with Gasteiger partial charge >= 0.3 is 0 Å². The first kappa shape index (κ1) is 15.1. The van der Waals surface area contributed by atoms with Crippen molar-refractivity contribution in [2.45, 2.75) is 37.8 Å². The lowest BCUT2D eigenvalue weighted by Gasteiger charge is -2.27. The monoisotopic (exact) mass is 319 g/mol. The molecule has 122 valence electrons. The Kier molecular flexibility index (Phi) is 4.13. The Morgan fingerprint density at radius 3 is 2.62 bits per heavy atom. The molecule has 0 saturated heterocycles. The molecule has 2 heterocycles. The third-order valence-electron chi connectivity index (χ3n) is 4.72. The molecule has 1 fully saturated rings. The second kappa shape index (κ2) is 6.57. The second-order valence-corrected chi connectivity index (χ2v) is 6.41. The largest absolute Gasteiger partial charge is 0.490 e. The predicted octanol–water partition coefficient (Wildman–Crippen LogP) is 3.95. The molecule has 0 radical (unpaired) electrons. The molecule has 0 spiro atoms. The Hall–Kier alpha value is -2.46. The van der Waals surface area contributed by atoms with Crippen LogP contribution in [-0.4, -0.2) is 22.1 Å². The minimum absolute atomic E-state index is 0.228. The highest BCUT2D eigenvalue weighted by atomic mass is 16.5. The molecule has 2 N–H and O–H groups in total. The lowest BCUT2D eigenvalue weighted by Crippen LogP contribution is -2.31. The van der Waals surface area contributed by atoms with E-state index in [0.29, 0.717) is 6.04 Å². The summed E-state index contributed by atoms with van der Waals surface area (Å²) in [4.78, 5) is 8.77. The van der Waals surface area contributed by atoms with Gasteiger partial charge in [0, 0.05) is 30.0 Å². The number of rotatable bonds is 3. The van der Waals surface area contributed by atoms with Gasteiger partial charge in [-0.3, -0.25) is 9.97 Å². The maximum atomic E-state index is 6.38. The number of nitrogens with zero attached hydrogens (tertiary/aromatic N) is 2. The smallest absolute Gasteiger partial charge is 0.129 e. The van der Waals surface area contributed by atoms with Gasteiger partial charge in [-0.05, 0) is 61.4 Å². The number of benzene rings is 1. The fraction of sp³-hybridized carbons (Fsp3) is 0.300. The molecule has 0 bridgehead atoms. The lowest BCUT2D eigenvalue weighted by molar-refractivity contribution is 0.148. The highest BCUT2D eigenvalue weighted by molar-refractivity contribution is 5.98. The minimum Gasteiger partial charge on any atom is -0.490 e. The molecule has 3 aromatic rings. The molecule has 4 nitrogen and oxygen atoms in total. The summed E-state index contributed by atoms with van der Waals surface area (Å²) < 4.78 is 6.38. The molecule has 4 rings (SSSR count). The van der Waals surface area contributed by atoms with Gasteiger partial charge in [-0.1, -0.05) is 6.07 Å². The van der Waals surface area contributed by atoms with E-state index in [1.54, 1.807) is 0 Å². The molecule has 0 unspecified atom stereocenters. The van der Waals surface area contributed by atoms with Crippen LogP contribution in [0.3, 0.4) is 0 Å². The molecule has 2 aromatic heterocycles. The summed E-state index contributed by atoms with van der Waals surface area (Å²) >= 11 is 0. The van der Waals surface area contributed by atoms with Gasteiger partial charge in [-0.25, -0.2) is 0 Å². The van der Waals surface area contributed by atoms with Crippen LogP contribution in [0, 0.1) is 0 Å². The average molecular weight is 319 g/mol. The van der Waals surface area contributed by atoms with Crippen molar-refractivity contribution in [1.82, 2.24) is 9.97 Å². The van der Waals surface area contributed by atoms with Crippen molar-refractivity contribution in [3.05, 3.63) is 55.0 Å². The fourth-order valence-electron chi connectivity index (χ4n) is 3.41. The van der Waals surface area contributed by atoms with E-state index in [2.05, 4.69) is 16.0 Å². The van der Waals surface area contributed by atoms with Crippen LogP contribution in [0.2, 0.25) is 0 Å². The first-order chi connectivity index (χ1) is 11.8. The van der Waals surface area contributed by atoms with E-state index in [1.165, 1.54) is 0 Å². The first-order valence-electron chi connectivity index (χ1n) is 8.51. The molecule has 0 amide bonds. The number of pyridine rings is 2. The minimum atomic E-state index is 0.228. The third kappa shape index (κ3) is 2.97. The number of hydrogen-bond donors (Lipinski definition) is 1. The molecule has 24 heavy (non-hydrogen) atoms. The molecular formula is C20H21N3O. The molecule has 0 atom stereocenters. The van der Waals surface area contributed by atoms with E-state index in [0.717, 1.165) is 53.5 Å². The second-order valence-electron chi connectivity index (χ2n) is 6.41. The Morgan fingerprint density at radius 1 is 0.958 bits per heavy atom. The van der Waals surface area contributed by atoms with Gasteiger partial charge in [0.25, 0.3) is 0 Å². The molecule has 4 heteroatoms. The van der Waals surface area contributed by atoms with E-state index in [4.69, 9.17) is 10.5 Å². The van der Waals surface area contributed by atoms with Crippen LogP contribution in [0.5, 0.6) is 5.75 Å². The Labute approximate surface area is 141 Å². The normalized spacial score (nSPS) is 20.9. The standard InChI is InChI=1S/C20H21N3O/c21-15-5-7-16(8-6-15)24-19-9-4-14-13-22-12-10-17(14)20(19)18-3-1-2-11-23-18/h1-4,9-13,15-16H,5-8,21H2. The van der Waals surface area contributed by atoms with Gasteiger partial charge in [0.15, 0.2) is 0 Å². The van der Waals surface area contributed by atoms with E-state index >= 15 is 0 Å². The maximum Gasteiger partial charge on any atom is 0.129 e. The molecule has 1 saturated carbocycles. The highest BCUT2D eigenvalue weighted by Crippen LogP contribution is 2.37. The Bertz CT molecular complexity index is 827. The summed E-state index contributed by atoms with van der Waals surface area (Å²) in [5.74, 6) is 0.896. The van der Waals surface area contributed by atoms with Crippen molar-refractivity contribution < 1.29 is 4.74 Å². The third-order valence-corrected chi connectivity index (χ3v) is 4.72. The van der Waals surface area contributed by atoms with E-state index in [-0.39, 0.29) is 6.10 Å². The van der Waals surface area contributed by atoms with E-state index in [1.807, 2.05) is 48.9 Å². The molecule has 1 aliphatic rings. The molecule has 1 aliphatic carbocycles. The number of nitrogens with two attached hydrogens (primary N) is 1. The van der Waals surface area contributed by atoms with Crippen LogP contribution in [0.15, 0.2) is 55.0 Å². The number of hydrogen-bond acceptors (Lipinski definition) is 4. The van der Waals surface area contributed by atoms with Gasteiger partial charge in [0.1, 0.15) is 5.75 Å². The topological polar surface area (TPSA) is 61.0 Å². The Morgan fingerprint density at radius 2 is 1.83 bits per heavy atom. The number of aromatic nitrogens is 2. The zero-order valence-corrected chi connectivity index (χ0v) is 13.6. The summed E-state index contributed by atoms with van der Waals surface area (Å²) in [5, 5.41) is 2.21. The first-order valence-corrected chi connectivity index (χ1v) is 8.51. The van der Waals surface area contributed by atoms with Gasteiger partial charge < -0.3 is 10.5 Å². The fourth-order valence-corrected chi connectivity index (χ4v) is 3.41. The average Bonchev–Trinajstić information content (AvgIpc) is 2.64. The zero-order valence-electron chi connectivity index (χ0n) is 13.6. The lowest BCUT2D eigenvalue weighted by atomic mass is 9.93. The number of fused-ring (bicyclic) bond motifs is 1. The van der Waals surface area contributed by atoms with Crippen LogP contribution in [-0.2, 0) is 0 Å². The van der Waals surface area contributed by atoms with Crippen LogP contribution in [0.1, 0.15) is 25.7 Å². The molecule has 0 aliphatic heterocycles. The van der Waals surface area contributed by atoms with Crippen LogP contribution < -0.4 is 10.5 Å². The van der Waals surface area contributed by atoms with E-state index < -0.39 is 0 Å². The van der Waals surface area contributed by atoms with Crippen molar-refractivity contribution >= 4 is 10.8 Å². The quantitative estimate of drug-likeness (QED) is 0.794. The SMILES string of the molecule is NC1CCC(Oc2ccc3cnccc3c2-c2ccccn2)CC1. The summed E-state index contributed by atoms with van der Waals surface area (Å²) in [7, 11) is 0. The van der Waals surface area contributed by atoms with Gasteiger partial charge in [-0.15, -0.1) is 0 Å². The summed E-state index contributed by atoms with van der Waals surface area (Å²) in [6, 6.07) is 12.4. The summed E-state index contributed by atoms with van der Waals surface area (Å²) in [5.41, 5.74) is 7.99. The van der Waals surface area contributed by atoms with Gasteiger partial charge in [0.05, 0.1) is 17.4 Å².